The number of nitrogens with zero attached hydrogens (tertiary/aromatic N) is 1. The van der Waals surface area contributed by atoms with E-state index in [1.165, 1.54) is 36.2 Å². The van der Waals surface area contributed by atoms with Gasteiger partial charge in [0.2, 0.25) is 0 Å². The van der Waals surface area contributed by atoms with Crippen molar-refractivity contribution in [2.24, 2.45) is 0 Å². The summed E-state index contributed by atoms with van der Waals surface area (Å²) in [7, 11) is 0. The van der Waals surface area contributed by atoms with Crippen molar-refractivity contribution >= 4 is 5.69 Å². The van der Waals surface area contributed by atoms with Crippen molar-refractivity contribution in [3.63, 3.8) is 0 Å². The predicted octanol–water partition coefficient (Wildman–Crippen LogP) is 4.14. The molecule has 0 aromatic heterocycles. The number of rotatable bonds is 3. The van der Waals surface area contributed by atoms with Gasteiger partial charge in [-0.2, -0.15) is 0 Å². The molecular formula is C15H21N. The Morgan fingerprint density at radius 3 is 2.44 bits per heavy atom. The maximum atomic E-state index is 2.43. The summed E-state index contributed by atoms with van der Waals surface area (Å²) in [5.74, 6) is 0. The van der Waals surface area contributed by atoms with E-state index in [0.29, 0.717) is 6.04 Å². The number of aryl methyl sites for hydroxylation is 1. The summed E-state index contributed by atoms with van der Waals surface area (Å²) in [5.41, 5.74) is 4.16. The lowest BCUT2D eigenvalue weighted by atomic mass is 10.1. The molecule has 1 aromatic carbocycles. The lowest BCUT2D eigenvalue weighted by Crippen LogP contribution is -2.25. The Morgan fingerprint density at radius 2 is 1.94 bits per heavy atom. The fraction of sp³-hybridized carbons (Fsp3) is 0.467. The molecule has 0 spiro atoms. The summed E-state index contributed by atoms with van der Waals surface area (Å²) in [6.45, 7) is 6.71. The highest BCUT2D eigenvalue weighted by Gasteiger charge is 2.20. The SMILES string of the molecule is CCCc1ccc(N2C(C)=CCC2C)cc1. The van der Waals surface area contributed by atoms with Gasteiger partial charge in [-0.1, -0.05) is 31.6 Å². The molecule has 1 nitrogen and oxygen atoms in total. The Bertz CT molecular complexity index is 375. The maximum Gasteiger partial charge on any atom is 0.0410 e. The van der Waals surface area contributed by atoms with Gasteiger partial charge in [0.25, 0.3) is 0 Å². The molecule has 1 heterocycles. The molecule has 16 heavy (non-hydrogen) atoms. The average Bonchev–Trinajstić information content (AvgIpc) is 2.61. The van der Waals surface area contributed by atoms with Crippen LogP contribution in [-0.4, -0.2) is 6.04 Å². The second kappa shape index (κ2) is 4.73. The van der Waals surface area contributed by atoms with E-state index < -0.39 is 0 Å². The summed E-state index contributed by atoms with van der Waals surface area (Å²) in [6, 6.07) is 9.64. The van der Waals surface area contributed by atoms with Crippen LogP contribution < -0.4 is 4.90 Å². The van der Waals surface area contributed by atoms with Crippen LogP contribution in [0.25, 0.3) is 0 Å². The number of benzene rings is 1. The van der Waals surface area contributed by atoms with Crippen LogP contribution in [0.2, 0.25) is 0 Å². The summed E-state index contributed by atoms with van der Waals surface area (Å²) in [5, 5.41) is 0. The highest BCUT2D eigenvalue weighted by atomic mass is 15.2. The first-order chi connectivity index (χ1) is 7.72. The van der Waals surface area contributed by atoms with Crippen molar-refractivity contribution in [2.45, 2.75) is 46.1 Å². The Morgan fingerprint density at radius 1 is 1.25 bits per heavy atom. The summed E-state index contributed by atoms with van der Waals surface area (Å²) >= 11 is 0. The van der Waals surface area contributed by atoms with E-state index in [1.54, 1.807) is 0 Å². The predicted molar refractivity (Wildman–Crippen MR) is 70.8 cm³/mol. The van der Waals surface area contributed by atoms with Crippen molar-refractivity contribution in [2.75, 3.05) is 4.90 Å². The third kappa shape index (κ3) is 2.13. The van der Waals surface area contributed by atoms with Crippen molar-refractivity contribution < 1.29 is 0 Å². The zero-order chi connectivity index (χ0) is 11.5. The van der Waals surface area contributed by atoms with Crippen molar-refractivity contribution in [1.82, 2.24) is 0 Å². The van der Waals surface area contributed by atoms with Gasteiger partial charge < -0.3 is 4.90 Å². The molecule has 1 unspecified atom stereocenters. The largest absolute Gasteiger partial charge is 0.343 e. The van der Waals surface area contributed by atoms with E-state index in [9.17, 15) is 0 Å². The van der Waals surface area contributed by atoms with Gasteiger partial charge in [0.05, 0.1) is 0 Å². The highest BCUT2D eigenvalue weighted by molar-refractivity contribution is 5.55. The number of hydrogen-bond acceptors (Lipinski definition) is 1. The monoisotopic (exact) mass is 215 g/mol. The zero-order valence-electron chi connectivity index (χ0n) is 10.5. The molecule has 86 valence electrons. The summed E-state index contributed by atoms with van der Waals surface area (Å²) in [6.07, 6.45) is 5.90. The minimum absolute atomic E-state index is 0.608. The van der Waals surface area contributed by atoms with Crippen LogP contribution >= 0.6 is 0 Å². The van der Waals surface area contributed by atoms with E-state index in [-0.39, 0.29) is 0 Å². The fourth-order valence-electron chi connectivity index (χ4n) is 2.46. The molecule has 1 atom stereocenters. The van der Waals surface area contributed by atoms with Crippen LogP contribution in [0.5, 0.6) is 0 Å². The Kier molecular flexibility index (Phi) is 3.33. The number of allylic oxidation sites excluding steroid dienone is 1. The first-order valence-electron chi connectivity index (χ1n) is 6.27. The van der Waals surface area contributed by atoms with Gasteiger partial charge in [-0.3, -0.25) is 0 Å². The quantitative estimate of drug-likeness (QED) is 0.732. The molecule has 1 heteroatoms. The second-order valence-electron chi connectivity index (χ2n) is 4.72. The third-order valence-corrected chi connectivity index (χ3v) is 3.33. The van der Waals surface area contributed by atoms with E-state index in [1.807, 2.05) is 0 Å². The van der Waals surface area contributed by atoms with Crippen molar-refractivity contribution in [3.05, 3.63) is 41.6 Å². The molecule has 0 radical (unpaired) electrons. The van der Waals surface area contributed by atoms with Crippen LogP contribution in [0.4, 0.5) is 5.69 Å². The molecule has 2 rings (SSSR count). The van der Waals surface area contributed by atoms with Gasteiger partial charge in [0.15, 0.2) is 0 Å². The van der Waals surface area contributed by atoms with Gasteiger partial charge in [0, 0.05) is 17.4 Å². The van der Waals surface area contributed by atoms with E-state index >= 15 is 0 Å². The van der Waals surface area contributed by atoms with E-state index in [4.69, 9.17) is 0 Å². The molecule has 0 N–H and O–H groups in total. The summed E-state index contributed by atoms with van der Waals surface area (Å²) < 4.78 is 0. The van der Waals surface area contributed by atoms with Crippen LogP contribution in [0, 0.1) is 0 Å². The minimum atomic E-state index is 0.608. The first-order valence-corrected chi connectivity index (χ1v) is 6.27. The molecular weight excluding hydrogens is 194 g/mol. The minimum Gasteiger partial charge on any atom is -0.343 e. The second-order valence-corrected chi connectivity index (χ2v) is 4.72. The lowest BCUT2D eigenvalue weighted by Gasteiger charge is -2.26. The van der Waals surface area contributed by atoms with Crippen LogP contribution in [0.15, 0.2) is 36.0 Å². The molecule has 1 aromatic rings. The van der Waals surface area contributed by atoms with Gasteiger partial charge in [-0.05, 0) is 44.4 Å². The Labute approximate surface area is 98.8 Å². The Hall–Kier alpha value is -1.24. The fourth-order valence-corrected chi connectivity index (χ4v) is 2.46. The number of anilines is 1. The van der Waals surface area contributed by atoms with E-state index in [0.717, 1.165) is 0 Å². The molecule has 0 aliphatic carbocycles. The van der Waals surface area contributed by atoms with Gasteiger partial charge in [-0.15, -0.1) is 0 Å². The van der Waals surface area contributed by atoms with Gasteiger partial charge in [0.1, 0.15) is 0 Å². The normalized spacial score (nSPS) is 20.1. The molecule has 1 aliphatic heterocycles. The zero-order valence-corrected chi connectivity index (χ0v) is 10.5. The Balaban J connectivity index is 2.18. The molecule has 0 fully saturated rings. The average molecular weight is 215 g/mol. The van der Waals surface area contributed by atoms with Crippen LogP contribution in [-0.2, 0) is 6.42 Å². The lowest BCUT2D eigenvalue weighted by molar-refractivity contribution is 0.745. The molecule has 0 saturated carbocycles. The molecule has 0 saturated heterocycles. The topological polar surface area (TPSA) is 3.24 Å². The highest BCUT2D eigenvalue weighted by Crippen LogP contribution is 2.29. The third-order valence-electron chi connectivity index (χ3n) is 3.33. The maximum absolute atomic E-state index is 2.43. The molecule has 1 aliphatic rings. The van der Waals surface area contributed by atoms with Crippen LogP contribution in [0.3, 0.4) is 0 Å². The van der Waals surface area contributed by atoms with Crippen LogP contribution in [0.1, 0.15) is 39.2 Å². The van der Waals surface area contributed by atoms with Gasteiger partial charge >= 0.3 is 0 Å². The standard InChI is InChI=1S/C15H21N/c1-4-5-14-8-10-15(11-9-14)16-12(2)6-7-13(16)3/h6,8-11,13H,4-5,7H2,1-3H3. The van der Waals surface area contributed by atoms with Crippen molar-refractivity contribution in [3.8, 4) is 0 Å². The van der Waals surface area contributed by atoms with Crippen molar-refractivity contribution in [1.29, 1.82) is 0 Å². The smallest absolute Gasteiger partial charge is 0.0410 e. The summed E-state index contributed by atoms with van der Waals surface area (Å²) in [4.78, 5) is 2.43. The van der Waals surface area contributed by atoms with E-state index in [2.05, 4.69) is 56.0 Å². The molecule has 0 amide bonds. The molecule has 0 bridgehead atoms. The van der Waals surface area contributed by atoms with Gasteiger partial charge in [-0.25, -0.2) is 0 Å². The first kappa shape index (κ1) is 11.3. The number of hydrogen-bond donors (Lipinski definition) is 0.